The first kappa shape index (κ1) is 16.0. The van der Waals surface area contributed by atoms with Crippen molar-refractivity contribution in [2.24, 2.45) is 0 Å². The maximum absolute atomic E-state index is 11.0. The van der Waals surface area contributed by atoms with Gasteiger partial charge in [-0.05, 0) is 12.1 Å². The second kappa shape index (κ2) is 6.42. The molecule has 0 radical (unpaired) electrons. The zero-order valence-corrected chi connectivity index (χ0v) is 14.1. The molecule has 9 heteroatoms. The van der Waals surface area contributed by atoms with Gasteiger partial charge in [0.15, 0.2) is 16.6 Å². The maximum atomic E-state index is 11.0. The Hall–Kier alpha value is -3.51. The number of nitro groups is 1. The first-order valence-electron chi connectivity index (χ1n) is 7.57. The molecule has 0 aliphatic rings. The van der Waals surface area contributed by atoms with Gasteiger partial charge in [0, 0.05) is 23.1 Å². The Bertz CT molecular complexity index is 1200. The van der Waals surface area contributed by atoms with Crippen LogP contribution in [-0.2, 0) is 0 Å². The molecule has 8 nitrogen and oxygen atoms in total. The third kappa shape index (κ3) is 2.72. The lowest BCUT2D eigenvalue weighted by molar-refractivity contribution is -0.384. The molecule has 4 rings (SSSR count). The zero-order chi connectivity index (χ0) is 18.1. The van der Waals surface area contributed by atoms with Crippen LogP contribution in [0, 0.1) is 21.4 Å². The van der Waals surface area contributed by atoms with E-state index in [2.05, 4.69) is 21.1 Å². The third-order valence-corrected chi connectivity index (χ3v) is 4.53. The fraction of sp³-hybridized carbons (Fsp3) is 0.0588. The summed E-state index contributed by atoms with van der Waals surface area (Å²) in [4.78, 5) is 19.7. The summed E-state index contributed by atoms with van der Waals surface area (Å²) in [7, 11) is 0. The van der Waals surface area contributed by atoms with Crippen LogP contribution in [0.15, 0.2) is 53.7 Å². The van der Waals surface area contributed by atoms with Crippen LogP contribution in [0.25, 0.3) is 27.9 Å². The van der Waals surface area contributed by atoms with Crippen molar-refractivity contribution in [1.29, 1.82) is 5.26 Å². The van der Waals surface area contributed by atoms with Crippen molar-refractivity contribution < 1.29 is 4.92 Å². The van der Waals surface area contributed by atoms with Gasteiger partial charge in [0.05, 0.1) is 22.3 Å². The van der Waals surface area contributed by atoms with Crippen molar-refractivity contribution in [3.8, 4) is 17.5 Å². The monoisotopic (exact) mass is 362 g/mol. The van der Waals surface area contributed by atoms with Crippen LogP contribution in [0.4, 0.5) is 5.69 Å². The predicted molar refractivity (Wildman–Crippen MR) is 96.7 cm³/mol. The molecule has 2 heterocycles. The average Bonchev–Trinajstić information content (AvgIpc) is 3.12. The lowest BCUT2D eigenvalue weighted by atomic mass is 10.2. The first-order valence-corrected chi connectivity index (χ1v) is 8.56. The van der Waals surface area contributed by atoms with Gasteiger partial charge in [-0.1, -0.05) is 36.0 Å². The molecule has 0 aliphatic heterocycles. The van der Waals surface area contributed by atoms with Gasteiger partial charge in [0.25, 0.3) is 5.69 Å². The molecule has 2 aromatic heterocycles. The largest absolute Gasteiger partial charge is 0.270 e. The predicted octanol–water partition coefficient (Wildman–Crippen LogP) is 3.47. The molecule has 0 amide bonds. The number of para-hydroxylation sites is 1. The van der Waals surface area contributed by atoms with Crippen LogP contribution in [0.3, 0.4) is 0 Å². The van der Waals surface area contributed by atoms with Crippen LogP contribution in [-0.4, -0.2) is 30.3 Å². The van der Waals surface area contributed by atoms with Crippen molar-refractivity contribution in [3.63, 3.8) is 0 Å². The fourth-order valence-corrected chi connectivity index (χ4v) is 3.21. The molecule has 0 saturated carbocycles. The molecule has 0 N–H and O–H groups in total. The number of thioether (sulfide) groups is 1. The molecule has 0 unspecified atom stereocenters. The van der Waals surface area contributed by atoms with Gasteiger partial charge in [0.1, 0.15) is 0 Å². The van der Waals surface area contributed by atoms with Crippen LogP contribution < -0.4 is 0 Å². The van der Waals surface area contributed by atoms with E-state index in [1.807, 2.05) is 24.3 Å². The minimum atomic E-state index is -0.454. The smallest absolute Gasteiger partial charge is 0.258 e. The normalized spacial score (nSPS) is 10.9. The summed E-state index contributed by atoms with van der Waals surface area (Å²) in [5.41, 5.74) is 1.86. The number of nitrogens with zero attached hydrogens (tertiary/aromatic N) is 6. The molecule has 0 saturated heterocycles. The van der Waals surface area contributed by atoms with E-state index in [1.165, 1.54) is 23.9 Å². The number of hydrogen-bond donors (Lipinski definition) is 0. The van der Waals surface area contributed by atoms with E-state index in [0.717, 1.165) is 10.9 Å². The summed E-state index contributed by atoms with van der Waals surface area (Å²) < 4.78 is 1.58. The molecule has 0 fully saturated rings. The molecule has 26 heavy (non-hydrogen) atoms. The highest BCUT2D eigenvalue weighted by Gasteiger charge is 2.16. The van der Waals surface area contributed by atoms with Crippen LogP contribution in [0.5, 0.6) is 0 Å². The van der Waals surface area contributed by atoms with Gasteiger partial charge in [0.2, 0.25) is 0 Å². The number of aromatic nitrogens is 4. The number of benzene rings is 2. The highest BCUT2D eigenvalue weighted by Crippen LogP contribution is 2.27. The topological polar surface area (TPSA) is 110 Å². The number of nitriles is 1. The fourth-order valence-electron chi connectivity index (χ4n) is 2.60. The number of rotatable bonds is 4. The van der Waals surface area contributed by atoms with E-state index in [1.54, 1.807) is 16.6 Å². The Labute approximate surface area is 151 Å². The van der Waals surface area contributed by atoms with Crippen molar-refractivity contribution in [2.45, 2.75) is 5.16 Å². The Morgan fingerprint density at radius 3 is 2.85 bits per heavy atom. The Morgan fingerprint density at radius 1 is 1.19 bits per heavy atom. The summed E-state index contributed by atoms with van der Waals surface area (Å²) in [5.74, 6) is 0.595. The van der Waals surface area contributed by atoms with Gasteiger partial charge in [-0.2, -0.15) is 9.78 Å². The van der Waals surface area contributed by atoms with Crippen molar-refractivity contribution in [2.75, 3.05) is 5.75 Å². The molecular formula is C17H10N6O2S. The number of fused-ring (bicyclic) bond motifs is 3. The first-order chi connectivity index (χ1) is 12.7. The van der Waals surface area contributed by atoms with E-state index in [9.17, 15) is 10.1 Å². The SMILES string of the molecule is N#CCSc1nc2ccccc2c2nc(-c3cccc([N+](=O)[O-])c3)nn12. The summed E-state index contributed by atoms with van der Waals surface area (Å²) in [5, 5.41) is 25.7. The van der Waals surface area contributed by atoms with E-state index in [4.69, 9.17) is 5.26 Å². The molecule has 4 aromatic rings. The molecular weight excluding hydrogens is 352 g/mol. The highest BCUT2D eigenvalue weighted by molar-refractivity contribution is 7.99. The Kier molecular flexibility index (Phi) is 3.95. The second-order valence-corrected chi connectivity index (χ2v) is 6.28. The molecule has 0 bridgehead atoms. The number of nitro benzene ring substituents is 1. The van der Waals surface area contributed by atoms with Gasteiger partial charge in [-0.3, -0.25) is 10.1 Å². The lowest BCUT2D eigenvalue weighted by Gasteiger charge is -2.03. The van der Waals surface area contributed by atoms with Crippen molar-refractivity contribution in [3.05, 3.63) is 58.6 Å². The van der Waals surface area contributed by atoms with E-state index in [0.29, 0.717) is 22.2 Å². The second-order valence-electron chi connectivity index (χ2n) is 5.34. The van der Waals surface area contributed by atoms with E-state index >= 15 is 0 Å². The summed E-state index contributed by atoms with van der Waals surface area (Å²) in [6.07, 6.45) is 0. The van der Waals surface area contributed by atoms with Crippen molar-refractivity contribution >= 4 is 34.0 Å². The van der Waals surface area contributed by atoms with Crippen LogP contribution in [0.1, 0.15) is 0 Å². The molecule has 126 valence electrons. The third-order valence-electron chi connectivity index (χ3n) is 3.73. The summed E-state index contributed by atoms with van der Waals surface area (Å²) >= 11 is 1.26. The summed E-state index contributed by atoms with van der Waals surface area (Å²) in [6, 6.07) is 15.8. The Morgan fingerprint density at radius 2 is 2.04 bits per heavy atom. The summed E-state index contributed by atoms with van der Waals surface area (Å²) in [6.45, 7) is 0. The van der Waals surface area contributed by atoms with E-state index in [-0.39, 0.29) is 11.4 Å². The molecule has 0 aliphatic carbocycles. The maximum Gasteiger partial charge on any atom is 0.270 e. The van der Waals surface area contributed by atoms with Gasteiger partial charge in [-0.25, -0.2) is 9.97 Å². The average molecular weight is 362 g/mol. The van der Waals surface area contributed by atoms with Gasteiger partial charge >= 0.3 is 0 Å². The van der Waals surface area contributed by atoms with Crippen molar-refractivity contribution in [1.82, 2.24) is 19.6 Å². The standard InChI is InChI=1S/C17H10N6O2S/c18-8-9-26-17-19-14-7-2-1-6-13(14)16-20-15(21-22(16)17)11-4-3-5-12(10-11)23(24)25/h1-7,10H,9H2. The van der Waals surface area contributed by atoms with E-state index < -0.39 is 4.92 Å². The van der Waals surface area contributed by atoms with Gasteiger partial charge < -0.3 is 0 Å². The number of hydrogen-bond acceptors (Lipinski definition) is 7. The zero-order valence-electron chi connectivity index (χ0n) is 13.2. The quantitative estimate of drug-likeness (QED) is 0.236. The lowest BCUT2D eigenvalue weighted by Crippen LogP contribution is -1.98. The van der Waals surface area contributed by atoms with Crippen LogP contribution in [0.2, 0.25) is 0 Å². The molecule has 0 spiro atoms. The van der Waals surface area contributed by atoms with Crippen LogP contribution >= 0.6 is 11.8 Å². The number of non-ortho nitro benzene ring substituents is 1. The minimum absolute atomic E-state index is 0.0246. The molecule has 0 atom stereocenters. The highest BCUT2D eigenvalue weighted by atomic mass is 32.2. The Balaban J connectivity index is 1.96. The molecule has 2 aromatic carbocycles. The van der Waals surface area contributed by atoms with Gasteiger partial charge in [-0.15, -0.1) is 5.10 Å². The minimum Gasteiger partial charge on any atom is -0.258 e.